The maximum absolute atomic E-state index is 5.80. The first-order chi connectivity index (χ1) is 10.1. The molecule has 1 N–H and O–H groups in total. The first kappa shape index (κ1) is 13.8. The van der Waals surface area contributed by atoms with Crippen LogP contribution in [0.1, 0.15) is 34.3 Å². The average molecular weight is 280 g/mol. The summed E-state index contributed by atoms with van der Waals surface area (Å²) in [5.74, 6) is 1.95. The second-order valence-electron chi connectivity index (χ2n) is 5.42. The van der Waals surface area contributed by atoms with Gasteiger partial charge >= 0.3 is 0 Å². The van der Waals surface area contributed by atoms with Crippen molar-refractivity contribution in [3.05, 3.63) is 64.9 Å². The SMILES string of the molecule is CNC(c1c(C)oc(C)c1C)c1cncc2ccccc12. The second-order valence-corrected chi connectivity index (χ2v) is 5.42. The van der Waals surface area contributed by atoms with E-state index in [0.717, 1.165) is 16.9 Å². The molecule has 2 heterocycles. The van der Waals surface area contributed by atoms with E-state index < -0.39 is 0 Å². The summed E-state index contributed by atoms with van der Waals surface area (Å²) in [6.07, 6.45) is 3.86. The van der Waals surface area contributed by atoms with Gasteiger partial charge in [0.2, 0.25) is 0 Å². The lowest BCUT2D eigenvalue weighted by atomic mass is 9.93. The van der Waals surface area contributed by atoms with E-state index in [2.05, 4.69) is 35.4 Å². The largest absolute Gasteiger partial charge is 0.466 e. The topological polar surface area (TPSA) is 38.1 Å². The van der Waals surface area contributed by atoms with Crippen LogP contribution in [-0.4, -0.2) is 12.0 Å². The van der Waals surface area contributed by atoms with Crippen molar-refractivity contribution >= 4 is 10.8 Å². The van der Waals surface area contributed by atoms with E-state index in [1.54, 1.807) is 0 Å². The van der Waals surface area contributed by atoms with Crippen molar-refractivity contribution in [1.29, 1.82) is 0 Å². The molecule has 108 valence electrons. The van der Waals surface area contributed by atoms with E-state index >= 15 is 0 Å². The molecule has 0 amide bonds. The lowest BCUT2D eigenvalue weighted by Gasteiger charge is -2.19. The van der Waals surface area contributed by atoms with Gasteiger partial charge in [0.25, 0.3) is 0 Å². The fourth-order valence-corrected chi connectivity index (χ4v) is 3.06. The molecule has 0 aliphatic carbocycles. The number of hydrogen-bond donors (Lipinski definition) is 1. The summed E-state index contributed by atoms with van der Waals surface area (Å²) < 4.78 is 5.80. The van der Waals surface area contributed by atoms with Crippen molar-refractivity contribution in [3.63, 3.8) is 0 Å². The molecular weight excluding hydrogens is 260 g/mol. The van der Waals surface area contributed by atoms with Gasteiger partial charge in [0.1, 0.15) is 11.5 Å². The number of benzene rings is 1. The lowest BCUT2D eigenvalue weighted by molar-refractivity contribution is 0.496. The Balaban J connectivity index is 2.23. The minimum absolute atomic E-state index is 0.0843. The van der Waals surface area contributed by atoms with Gasteiger partial charge in [-0.2, -0.15) is 0 Å². The Bertz CT molecular complexity index is 784. The monoisotopic (exact) mass is 280 g/mol. The molecule has 0 saturated carbocycles. The molecule has 1 atom stereocenters. The van der Waals surface area contributed by atoms with Crippen molar-refractivity contribution in [3.8, 4) is 0 Å². The van der Waals surface area contributed by atoms with Gasteiger partial charge in [0.05, 0.1) is 6.04 Å². The minimum Gasteiger partial charge on any atom is -0.466 e. The van der Waals surface area contributed by atoms with Gasteiger partial charge in [0, 0.05) is 23.3 Å². The van der Waals surface area contributed by atoms with E-state index in [1.807, 2.05) is 39.4 Å². The molecule has 0 saturated heterocycles. The Morgan fingerprint density at radius 1 is 1.05 bits per heavy atom. The first-order valence-electron chi connectivity index (χ1n) is 7.20. The fourth-order valence-electron chi connectivity index (χ4n) is 3.06. The highest BCUT2D eigenvalue weighted by atomic mass is 16.3. The quantitative estimate of drug-likeness (QED) is 0.786. The van der Waals surface area contributed by atoms with Gasteiger partial charge in [-0.1, -0.05) is 24.3 Å². The Morgan fingerprint density at radius 2 is 1.81 bits per heavy atom. The Hall–Kier alpha value is -2.13. The van der Waals surface area contributed by atoms with Crippen molar-refractivity contribution in [1.82, 2.24) is 10.3 Å². The van der Waals surface area contributed by atoms with Crippen LogP contribution in [0.5, 0.6) is 0 Å². The molecule has 0 aliphatic heterocycles. The predicted molar refractivity (Wildman–Crippen MR) is 85.6 cm³/mol. The van der Waals surface area contributed by atoms with Crippen LogP contribution in [0.3, 0.4) is 0 Å². The zero-order valence-corrected chi connectivity index (χ0v) is 12.9. The smallest absolute Gasteiger partial charge is 0.106 e. The third-order valence-corrected chi connectivity index (χ3v) is 4.20. The highest BCUT2D eigenvalue weighted by Crippen LogP contribution is 2.34. The molecule has 21 heavy (non-hydrogen) atoms. The molecule has 3 aromatic rings. The standard InChI is InChI=1S/C18H20N2O/c1-11-12(2)21-13(3)17(11)18(19-4)16-10-20-9-14-7-5-6-8-15(14)16/h5-10,18-19H,1-4H3. The maximum Gasteiger partial charge on any atom is 0.106 e. The van der Waals surface area contributed by atoms with Crippen LogP contribution in [0.2, 0.25) is 0 Å². The molecule has 0 spiro atoms. The number of hydrogen-bond acceptors (Lipinski definition) is 3. The van der Waals surface area contributed by atoms with Crippen LogP contribution in [0.4, 0.5) is 0 Å². The molecule has 3 rings (SSSR count). The second kappa shape index (κ2) is 5.34. The average Bonchev–Trinajstić information content (AvgIpc) is 2.75. The van der Waals surface area contributed by atoms with E-state index in [1.165, 1.54) is 22.1 Å². The molecular formula is C18H20N2O. The van der Waals surface area contributed by atoms with Gasteiger partial charge in [-0.25, -0.2) is 0 Å². The molecule has 3 nitrogen and oxygen atoms in total. The van der Waals surface area contributed by atoms with Crippen molar-refractivity contribution in [2.45, 2.75) is 26.8 Å². The Morgan fingerprint density at radius 3 is 2.48 bits per heavy atom. The molecule has 0 fully saturated rings. The van der Waals surface area contributed by atoms with E-state index in [0.29, 0.717) is 0 Å². The number of rotatable bonds is 3. The number of aryl methyl sites for hydroxylation is 2. The number of fused-ring (bicyclic) bond motifs is 1. The molecule has 1 aromatic carbocycles. The lowest BCUT2D eigenvalue weighted by Crippen LogP contribution is -2.19. The van der Waals surface area contributed by atoms with Crippen LogP contribution >= 0.6 is 0 Å². The molecule has 3 heteroatoms. The minimum atomic E-state index is 0.0843. The molecule has 2 aromatic heterocycles. The number of aromatic nitrogens is 1. The van der Waals surface area contributed by atoms with Gasteiger partial charge in [0.15, 0.2) is 0 Å². The fraction of sp³-hybridized carbons (Fsp3) is 0.278. The Labute approximate surface area is 125 Å². The molecule has 0 radical (unpaired) electrons. The summed E-state index contributed by atoms with van der Waals surface area (Å²) >= 11 is 0. The van der Waals surface area contributed by atoms with Crippen molar-refractivity contribution in [2.75, 3.05) is 7.05 Å². The van der Waals surface area contributed by atoms with Crippen molar-refractivity contribution < 1.29 is 4.42 Å². The van der Waals surface area contributed by atoms with Gasteiger partial charge < -0.3 is 9.73 Å². The highest BCUT2D eigenvalue weighted by molar-refractivity contribution is 5.85. The van der Waals surface area contributed by atoms with Gasteiger partial charge in [-0.15, -0.1) is 0 Å². The van der Waals surface area contributed by atoms with Gasteiger partial charge in [-0.3, -0.25) is 4.98 Å². The van der Waals surface area contributed by atoms with E-state index in [-0.39, 0.29) is 6.04 Å². The third kappa shape index (κ3) is 2.24. The number of nitrogens with zero attached hydrogens (tertiary/aromatic N) is 1. The summed E-state index contributed by atoms with van der Waals surface area (Å²) in [4.78, 5) is 4.40. The summed E-state index contributed by atoms with van der Waals surface area (Å²) in [5, 5.41) is 5.81. The van der Waals surface area contributed by atoms with Crippen LogP contribution < -0.4 is 5.32 Å². The van der Waals surface area contributed by atoms with Crippen LogP contribution in [0.25, 0.3) is 10.8 Å². The molecule has 0 bridgehead atoms. The van der Waals surface area contributed by atoms with E-state index in [4.69, 9.17) is 4.42 Å². The number of furan rings is 1. The summed E-state index contributed by atoms with van der Waals surface area (Å²) in [7, 11) is 1.98. The summed E-state index contributed by atoms with van der Waals surface area (Å²) in [5.41, 5.74) is 3.61. The number of nitrogens with one attached hydrogen (secondary N) is 1. The molecule has 1 unspecified atom stereocenters. The normalized spacial score (nSPS) is 12.8. The number of pyridine rings is 1. The first-order valence-corrected chi connectivity index (χ1v) is 7.20. The maximum atomic E-state index is 5.80. The zero-order chi connectivity index (χ0) is 15.0. The highest BCUT2D eigenvalue weighted by Gasteiger charge is 2.23. The Kier molecular flexibility index (Phi) is 3.52. The zero-order valence-electron chi connectivity index (χ0n) is 12.9. The third-order valence-electron chi connectivity index (χ3n) is 4.20. The van der Waals surface area contributed by atoms with Crippen LogP contribution in [-0.2, 0) is 0 Å². The van der Waals surface area contributed by atoms with Gasteiger partial charge in [-0.05, 0) is 44.3 Å². The van der Waals surface area contributed by atoms with Crippen LogP contribution in [0, 0.1) is 20.8 Å². The van der Waals surface area contributed by atoms with Crippen LogP contribution in [0.15, 0.2) is 41.1 Å². The summed E-state index contributed by atoms with van der Waals surface area (Å²) in [6.45, 7) is 6.15. The predicted octanol–water partition coefficient (Wildman–Crippen LogP) is 4.06. The molecule has 0 aliphatic rings. The van der Waals surface area contributed by atoms with Crippen molar-refractivity contribution in [2.24, 2.45) is 0 Å². The summed E-state index contributed by atoms with van der Waals surface area (Å²) in [6, 6.07) is 8.44. The van der Waals surface area contributed by atoms with E-state index in [9.17, 15) is 0 Å².